The average Bonchev–Trinajstić information content (AvgIpc) is 3.38. The number of fused-ring (bicyclic) bond motifs is 1. The predicted octanol–water partition coefficient (Wildman–Crippen LogP) is 4.82. The third kappa shape index (κ3) is 3.81. The van der Waals surface area contributed by atoms with Crippen LogP contribution in [0.2, 0.25) is 0 Å². The quantitative estimate of drug-likeness (QED) is 0.434. The molecular formula is C25H26N4O5. The van der Waals surface area contributed by atoms with E-state index in [2.05, 4.69) is 27.0 Å². The van der Waals surface area contributed by atoms with E-state index in [0.717, 1.165) is 57.6 Å². The van der Waals surface area contributed by atoms with Crippen molar-refractivity contribution in [3.05, 3.63) is 47.9 Å². The summed E-state index contributed by atoms with van der Waals surface area (Å²) < 4.78 is 19.0. The first-order chi connectivity index (χ1) is 16.5. The first kappa shape index (κ1) is 22.1. The molecule has 1 fully saturated rings. The zero-order valence-electron chi connectivity index (χ0n) is 19.4. The second-order valence-corrected chi connectivity index (χ2v) is 8.39. The largest absolute Gasteiger partial charge is 0.493 e. The Labute approximate surface area is 196 Å². The van der Waals surface area contributed by atoms with Gasteiger partial charge in [-0.15, -0.1) is 0 Å². The highest BCUT2D eigenvalue weighted by molar-refractivity contribution is 5.98. The van der Waals surface area contributed by atoms with Gasteiger partial charge in [0.1, 0.15) is 17.2 Å². The number of aryl methyl sites for hydroxylation is 2. The molecule has 0 atom stereocenters. The van der Waals surface area contributed by atoms with Gasteiger partial charge in [-0.05, 0) is 39.7 Å². The third-order valence-electron chi connectivity index (χ3n) is 6.25. The van der Waals surface area contributed by atoms with Crippen molar-refractivity contribution in [3.63, 3.8) is 0 Å². The molecule has 0 amide bonds. The number of pyridine rings is 2. The summed E-state index contributed by atoms with van der Waals surface area (Å²) in [4.78, 5) is 20.5. The highest BCUT2D eigenvalue weighted by Gasteiger charge is 2.24. The molecule has 1 aliphatic heterocycles. The molecule has 0 radical (unpaired) electrons. The molecule has 0 saturated carbocycles. The third-order valence-corrected chi connectivity index (χ3v) is 6.25. The minimum Gasteiger partial charge on any atom is -0.493 e. The summed E-state index contributed by atoms with van der Waals surface area (Å²) in [5.41, 5.74) is 5.02. The van der Waals surface area contributed by atoms with E-state index in [1.165, 1.54) is 6.07 Å². The molecule has 1 N–H and O–H groups in total. The van der Waals surface area contributed by atoms with Gasteiger partial charge in [0, 0.05) is 71.6 Å². The molecule has 0 aromatic carbocycles. The van der Waals surface area contributed by atoms with Gasteiger partial charge in [0.05, 0.1) is 12.3 Å². The number of rotatable bonds is 6. The maximum Gasteiger partial charge on any atom is 0.354 e. The summed E-state index contributed by atoms with van der Waals surface area (Å²) in [6.07, 6.45) is 7.28. The summed E-state index contributed by atoms with van der Waals surface area (Å²) >= 11 is 0. The standard InChI is InChI=1S/C25H26N4O5/c1-4-33-22-10-21(25(30)31)26-12-19(22)20-13-29(17-5-7-32-8-6-17)24-18(20)9-16(11-27-24)23-14(2)28-34-15(23)3/h9-13,17H,4-8H2,1-3H3,(H,30,31). The van der Waals surface area contributed by atoms with Crippen molar-refractivity contribution in [3.8, 4) is 28.0 Å². The van der Waals surface area contributed by atoms with Gasteiger partial charge in [0.15, 0.2) is 5.69 Å². The Bertz CT molecular complexity index is 1350. The Morgan fingerprint density at radius 3 is 2.65 bits per heavy atom. The maximum atomic E-state index is 11.5. The van der Waals surface area contributed by atoms with E-state index >= 15 is 0 Å². The highest BCUT2D eigenvalue weighted by Crippen LogP contribution is 2.40. The van der Waals surface area contributed by atoms with E-state index in [1.807, 2.05) is 27.0 Å². The van der Waals surface area contributed by atoms with Gasteiger partial charge in [0.2, 0.25) is 0 Å². The number of hydrogen-bond donors (Lipinski definition) is 1. The Kier molecular flexibility index (Phi) is 5.79. The molecule has 0 spiro atoms. The zero-order valence-corrected chi connectivity index (χ0v) is 19.4. The first-order valence-corrected chi connectivity index (χ1v) is 11.4. The van der Waals surface area contributed by atoms with E-state index in [0.29, 0.717) is 25.6 Å². The lowest BCUT2D eigenvalue weighted by Gasteiger charge is -2.24. The molecule has 1 saturated heterocycles. The summed E-state index contributed by atoms with van der Waals surface area (Å²) in [6.45, 7) is 7.47. The van der Waals surface area contributed by atoms with E-state index in [-0.39, 0.29) is 11.7 Å². The Morgan fingerprint density at radius 1 is 1.18 bits per heavy atom. The molecule has 9 nitrogen and oxygen atoms in total. The average molecular weight is 463 g/mol. The van der Waals surface area contributed by atoms with Crippen molar-refractivity contribution in [2.24, 2.45) is 0 Å². The van der Waals surface area contributed by atoms with Gasteiger partial charge in [0.25, 0.3) is 0 Å². The molecule has 4 aromatic heterocycles. The fourth-order valence-corrected chi connectivity index (χ4v) is 4.65. The van der Waals surface area contributed by atoms with Crippen molar-refractivity contribution < 1.29 is 23.9 Å². The number of hydrogen-bond acceptors (Lipinski definition) is 7. The normalized spacial score (nSPS) is 14.6. The van der Waals surface area contributed by atoms with Crippen LogP contribution in [0.15, 0.2) is 35.2 Å². The van der Waals surface area contributed by atoms with Gasteiger partial charge in [-0.3, -0.25) is 0 Å². The molecule has 5 heterocycles. The van der Waals surface area contributed by atoms with Crippen LogP contribution >= 0.6 is 0 Å². The number of carbonyl (C=O) groups is 1. The predicted molar refractivity (Wildman–Crippen MR) is 125 cm³/mol. The number of carboxylic acids is 1. The van der Waals surface area contributed by atoms with Crippen molar-refractivity contribution in [2.45, 2.75) is 39.7 Å². The van der Waals surface area contributed by atoms with Crippen LogP contribution in [0.25, 0.3) is 33.3 Å². The van der Waals surface area contributed by atoms with Crippen LogP contribution in [0.3, 0.4) is 0 Å². The lowest BCUT2D eigenvalue weighted by Crippen LogP contribution is -2.19. The molecule has 1 aliphatic rings. The van der Waals surface area contributed by atoms with Gasteiger partial charge < -0.3 is 23.7 Å². The van der Waals surface area contributed by atoms with E-state index < -0.39 is 5.97 Å². The summed E-state index contributed by atoms with van der Waals surface area (Å²) in [5.74, 6) is 0.106. The zero-order chi connectivity index (χ0) is 23.8. The number of nitrogens with zero attached hydrogens (tertiary/aromatic N) is 4. The van der Waals surface area contributed by atoms with Crippen LogP contribution in [0.1, 0.15) is 47.7 Å². The molecule has 9 heteroatoms. The Morgan fingerprint density at radius 2 is 1.97 bits per heavy atom. The van der Waals surface area contributed by atoms with Crippen LogP contribution < -0.4 is 4.74 Å². The van der Waals surface area contributed by atoms with E-state index in [1.54, 1.807) is 6.20 Å². The second kappa shape index (κ2) is 8.90. The number of aromatic carboxylic acids is 1. The van der Waals surface area contributed by atoms with Crippen LogP contribution in [0, 0.1) is 13.8 Å². The second-order valence-electron chi connectivity index (χ2n) is 8.39. The topological polar surface area (TPSA) is 112 Å². The van der Waals surface area contributed by atoms with Gasteiger partial charge >= 0.3 is 5.97 Å². The Hall–Kier alpha value is -3.72. The smallest absolute Gasteiger partial charge is 0.354 e. The monoisotopic (exact) mass is 462 g/mol. The SMILES string of the molecule is CCOc1cc(C(=O)O)ncc1-c1cn(C2CCOCC2)c2ncc(-c3c(C)noc3C)cc12. The minimum atomic E-state index is -1.10. The van der Waals surface area contributed by atoms with Crippen molar-refractivity contribution >= 4 is 17.0 Å². The molecule has 176 valence electrons. The molecule has 0 aliphatic carbocycles. The van der Waals surface area contributed by atoms with Crippen LogP contribution in [0.4, 0.5) is 0 Å². The fourth-order valence-electron chi connectivity index (χ4n) is 4.65. The summed E-state index contributed by atoms with van der Waals surface area (Å²) in [5, 5.41) is 14.4. The van der Waals surface area contributed by atoms with Gasteiger partial charge in [-0.1, -0.05) is 5.16 Å². The lowest BCUT2D eigenvalue weighted by atomic mass is 10.0. The summed E-state index contributed by atoms with van der Waals surface area (Å²) in [6, 6.07) is 3.81. The van der Waals surface area contributed by atoms with Gasteiger partial charge in [-0.2, -0.15) is 0 Å². The minimum absolute atomic E-state index is 0.0603. The van der Waals surface area contributed by atoms with Crippen LogP contribution in [0.5, 0.6) is 5.75 Å². The first-order valence-electron chi connectivity index (χ1n) is 11.4. The van der Waals surface area contributed by atoms with Gasteiger partial charge in [-0.25, -0.2) is 14.8 Å². The molecule has 4 aromatic rings. The lowest BCUT2D eigenvalue weighted by molar-refractivity contribution is 0.0689. The van der Waals surface area contributed by atoms with Crippen molar-refractivity contribution in [2.75, 3.05) is 19.8 Å². The summed E-state index contributed by atoms with van der Waals surface area (Å²) in [7, 11) is 0. The molecule has 34 heavy (non-hydrogen) atoms. The van der Waals surface area contributed by atoms with Crippen molar-refractivity contribution in [1.82, 2.24) is 19.7 Å². The van der Waals surface area contributed by atoms with Crippen molar-refractivity contribution in [1.29, 1.82) is 0 Å². The highest BCUT2D eigenvalue weighted by atomic mass is 16.5. The number of carboxylic acid groups (broad SMARTS) is 1. The number of aromatic nitrogens is 4. The number of ether oxygens (including phenoxy) is 2. The van der Waals surface area contributed by atoms with E-state index in [4.69, 9.17) is 19.0 Å². The molecular weight excluding hydrogens is 436 g/mol. The van der Waals surface area contributed by atoms with E-state index in [9.17, 15) is 9.90 Å². The molecule has 5 rings (SSSR count). The molecule has 0 unspecified atom stereocenters. The maximum absolute atomic E-state index is 11.5. The molecule has 0 bridgehead atoms. The van der Waals surface area contributed by atoms with Crippen LogP contribution in [-0.4, -0.2) is 50.6 Å². The Balaban J connectivity index is 1.74. The van der Waals surface area contributed by atoms with Crippen LogP contribution in [-0.2, 0) is 4.74 Å². The fraction of sp³-hybridized carbons (Fsp3) is 0.360.